The number of hydrogen-bond acceptors (Lipinski definition) is 4. The van der Waals surface area contributed by atoms with Crippen LogP contribution in [0.4, 0.5) is 0 Å². The molecule has 1 saturated heterocycles. The number of carbonyl (C=O) groups excluding carboxylic acids is 2. The number of rotatable bonds is 2. The van der Waals surface area contributed by atoms with Crippen molar-refractivity contribution in [2.24, 2.45) is 0 Å². The van der Waals surface area contributed by atoms with Crippen LogP contribution >= 0.6 is 0 Å². The highest BCUT2D eigenvalue weighted by molar-refractivity contribution is 6.12. The lowest BCUT2D eigenvalue weighted by molar-refractivity contribution is -0.125. The summed E-state index contributed by atoms with van der Waals surface area (Å²) in [6.45, 7) is 0. The van der Waals surface area contributed by atoms with Gasteiger partial charge in [-0.15, -0.1) is 0 Å². The van der Waals surface area contributed by atoms with Gasteiger partial charge in [-0.05, 0) is 35.4 Å². The summed E-state index contributed by atoms with van der Waals surface area (Å²) >= 11 is 0. The maximum Gasteiger partial charge on any atom is 0.235 e. The maximum absolute atomic E-state index is 12.6. The van der Waals surface area contributed by atoms with Crippen LogP contribution in [0, 0.1) is 0 Å². The molecule has 2 unspecified atom stereocenters. The van der Waals surface area contributed by atoms with E-state index in [9.17, 15) is 9.59 Å². The summed E-state index contributed by atoms with van der Waals surface area (Å²) in [5.74, 6) is -1.80. The number of pyridine rings is 2. The average molecular weight is 331 g/mol. The molecule has 1 aliphatic heterocycles. The highest BCUT2D eigenvalue weighted by atomic mass is 16.2. The summed E-state index contributed by atoms with van der Waals surface area (Å²) in [5.41, 5.74) is 2.94. The molecule has 4 aromatic rings. The van der Waals surface area contributed by atoms with E-state index in [1.54, 1.807) is 24.8 Å². The number of carbonyl (C=O) groups is 2. The highest BCUT2D eigenvalue weighted by Gasteiger charge is 2.45. The van der Waals surface area contributed by atoms with Crippen molar-refractivity contribution in [2.75, 3.05) is 0 Å². The molecule has 1 aliphatic rings. The summed E-state index contributed by atoms with van der Waals surface area (Å²) in [4.78, 5) is 39.8. The fraction of sp³-hybridized carbons (Fsp3) is 0.111. The topological polar surface area (TPSA) is 104 Å². The van der Waals surface area contributed by atoms with Crippen molar-refractivity contribution in [2.45, 2.75) is 11.8 Å². The van der Waals surface area contributed by atoms with E-state index in [1.165, 1.54) is 0 Å². The molecule has 7 nitrogen and oxygen atoms in total. The van der Waals surface area contributed by atoms with Crippen LogP contribution in [0.1, 0.15) is 23.0 Å². The standard InChI is InChI=1S/C18H13N5O2/c24-17-13(11-7-21-15-9(11)3-1-5-19-15)14(18(25)23-17)12-8-22-16-10(12)4-2-6-20-16/h1-8,13-14H,(H,19,21)(H,20,22)(H,23,24,25). The van der Waals surface area contributed by atoms with Crippen molar-refractivity contribution in [1.82, 2.24) is 25.3 Å². The molecular formula is C18H13N5O2. The summed E-state index contributed by atoms with van der Waals surface area (Å²) in [7, 11) is 0. The summed E-state index contributed by atoms with van der Waals surface area (Å²) in [6.07, 6.45) is 6.90. The van der Waals surface area contributed by atoms with Gasteiger partial charge in [0.05, 0.1) is 11.8 Å². The molecule has 7 heteroatoms. The molecule has 0 saturated carbocycles. The second kappa shape index (κ2) is 5.01. The number of H-pyrrole nitrogens is 2. The van der Waals surface area contributed by atoms with Crippen LogP contribution < -0.4 is 5.32 Å². The first kappa shape index (κ1) is 13.9. The van der Waals surface area contributed by atoms with Crippen LogP contribution in [0.3, 0.4) is 0 Å². The quantitative estimate of drug-likeness (QED) is 0.488. The lowest BCUT2D eigenvalue weighted by atomic mass is 9.83. The van der Waals surface area contributed by atoms with Gasteiger partial charge >= 0.3 is 0 Å². The van der Waals surface area contributed by atoms with Gasteiger partial charge in [-0.1, -0.05) is 0 Å². The number of aromatic amines is 2. The third-order valence-electron chi connectivity index (χ3n) is 4.78. The van der Waals surface area contributed by atoms with E-state index in [0.717, 1.165) is 21.9 Å². The van der Waals surface area contributed by atoms with Crippen LogP contribution in [-0.2, 0) is 9.59 Å². The Hall–Kier alpha value is -3.48. The molecular weight excluding hydrogens is 318 g/mol. The minimum Gasteiger partial charge on any atom is -0.346 e. The number of aromatic nitrogens is 4. The predicted molar refractivity (Wildman–Crippen MR) is 90.8 cm³/mol. The number of hydrogen-bond donors (Lipinski definition) is 3. The molecule has 0 bridgehead atoms. The predicted octanol–water partition coefficient (Wildman–Crippen LogP) is 1.96. The fourth-order valence-electron chi connectivity index (χ4n) is 3.69. The van der Waals surface area contributed by atoms with E-state index in [2.05, 4.69) is 25.3 Å². The van der Waals surface area contributed by atoms with Crippen molar-refractivity contribution >= 4 is 33.9 Å². The van der Waals surface area contributed by atoms with Gasteiger partial charge in [0.25, 0.3) is 0 Å². The zero-order chi connectivity index (χ0) is 17.0. The summed E-state index contributed by atoms with van der Waals surface area (Å²) in [5, 5.41) is 4.17. The van der Waals surface area contributed by atoms with Crippen molar-refractivity contribution < 1.29 is 9.59 Å². The van der Waals surface area contributed by atoms with Crippen LogP contribution in [0.25, 0.3) is 22.1 Å². The Labute approximate surface area is 141 Å². The second-order valence-electron chi connectivity index (χ2n) is 6.10. The molecule has 0 aliphatic carbocycles. The SMILES string of the molecule is O=C1NC(=O)C(c2c[nH]c3ncccc23)C1c1c[nH]c2ncccc12. The lowest BCUT2D eigenvalue weighted by Gasteiger charge is -2.14. The Bertz CT molecular complexity index is 1050. The number of fused-ring (bicyclic) bond motifs is 2. The minimum absolute atomic E-state index is 0.294. The van der Waals surface area contributed by atoms with Crippen molar-refractivity contribution in [1.29, 1.82) is 0 Å². The van der Waals surface area contributed by atoms with Gasteiger partial charge in [0, 0.05) is 35.6 Å². The Kier molecular flexibility index (Phi) is 2.79. The first-order valence-corrected chi connectivity index (χ1v) is 7.93. The van der Waals surface area contributed by atoms with Crippen LogP contribution in [-0.4, -0.2) is 31.8 Å². The largest absolute Gasteiger partial charge is 0.346 e. The van der Waals surface area contributed by atoms with E-state index in [1.807, 2.05) is 24.3 Å². The van der Waals surface area contributed by atoms with Crippen molar-refractivity contribution in [3.63, 3.8) is 0 Å². The third-order valence-corrected chi connectivity index (χ3v) is 4.78. The van der Waals surface area contributed by atoms with Crippen LogP contribution in [0.5, 0.6) is 0 Å². The molecule has 5 rings (SSSR count). The van der Waals surface area contributed by atoms with Gasteiger partial charge in [0.15, 0.2) is 0 Å². The smallest absolute Gasteiger partial charge is 0.235 e. The minimum atomic E-state index is -0.607. The van der Waals surface area contributed by atoms with Crippen molar-refractivity contribution in [3.8, 4) is 0 Å². The van der Waals surface area contributed by atoms with Gasteiger partial charge in [-0.3, -0.25) is 14.9 Å². The van der Waals surface area contributed by atoms with Gasteiger partial charge in [-0.25, -0.2) is 9.97 Å². The van der Waals surface area contributed by atoms with Crippen LogP contribution in [0.2, 0.25) is 0 Å². The average Bonchev–Trinajstić information content (AvgIpc) is 3.30. The molecule has 2 atom stereocenters. The zero-order valence-electron chi connectivity index (χ0n) is 13.0. The molecule has 2 amide bonds. The molecule has 0 radical (unpaired) electrons. The number of nitrogens with zero attached hydrogens (tertiary/aromatic N) is 2. The van der Waals surface area contributed by atoms with Gasteiger partial charge < -0.3 is 9.97 Å². The molecule has 25 heavy (non-hydrogen) atoms. The molecule has 122 valence electrons. The van der Waals surface area contributed by atoms with Gasteiger partial charge in [-0.2, -0.15) is 0 Å². The summed E-state index contributed by atoms with van der Waals surface area (Å²) in [6, 6.07) is 7.44. The fourth-order valence-corrected chi connectivity index (χ4v) is 3.69. The second-order valence-corrected chi connectivity index (χ2v) is 6.10. The normalized spacial score (nSPS) is 20.5. The van der Waals surface area contributed by atoms with Gasteiger partial charge in [0.2, 0.25) is 11.8 Å². The third kappa shape index (κ3) is 1.92. The lowest BCUT2D eigenvalue weighted by Crippen LogP contribution is -2.21. The highest BCUT2D eigenvalue weighted by Crippen LogP contribution is 2.42. The van der Waals surface area contributed by atoms with E-state index in [0.29, 0.717) is 11.3 Å². The molecule has 4 aromatic heterocycles. The van der Waals surface area contributed by atoms with E-state index >= 15 is 0 Å². The summed E-state index contributed by atoms with van der Waals surface area (Å²) < 4.78 is 0. The molecule has 0 spiro atoms. The first-order valence-electron chi connectivity index (χ1n) is 7.93. The van der Waals surface area contributed by atoms with Crippen LogP contribution in [0.15, 0.2) is 49.1 Å². The zero-order valence-corrected chi connectivity index (χ0v) is 13.0. The monoisotopic (exact) mass is 331 g/mol. The molecule has 1 fully saturated rings. The van der Waals surface area contributed by atoms with Crippen molar-refractivity contribution in [3.05, 3.63) is 60.2 Å². The molecule has 5 heterocycles. The molecule has 3 N–H and O–H groups in total. The Morgan fingerprint density at radius 2 is 1.24 bits per heavy atom. The molecule has 0 aromatic carbocycles. The Balaban J connectivity index is 1.72. The first-order chi connectivity index (χ1) is 12.2. The number of amides is 2. The maximum atomic E-state index is 12.6. The Morgan fingerprint density at radius 1 is 0.760 bits per heavy atom. The number of nitrogens with one attached hydrogen (secondary N) is 3. The van der Waals surface area contributed by atoms with Gasteiger partial charge in [0.1, 0.15) is 11.3 Å². The Morgan fingerprint density at radius 3 is 1.72 bits per heavy atom. The van der Waals surface area contributed by atoms with E-state index in [4.69, 9.17) is 0 Å². The number of imide groups is 1. The van der Waals surface area contributed by atoms with E-state index < -0.39 is 11.8 Å². The van der Waals surface area contributed by atoms with E-state index in [-0.39, 0.29) is 11.8 Å².